The van der Waals surface area contributed by atoms with Gasteiger partial charge in [0.1, 0.15) is 0 Å². The van der Waals surface area contributed by atoms with E-state index in [-0.39, 0.29) is 6.10 Å². The van der Waals surface area contributed by atoms with Crippen molar-refractivity contribution in [2.24, 2.45) is 5.92 Å². The van der Waals surface area contributed by atoms with E-state index < -0.39 is 0 Å². The Bertz CT molecular complexity index is 295. The molecule has 0 aromatic heterocycles. The number of likely N-dealkylation sites (N-methyl/N-ethyl adjacent to an activating group) is 1. The largest absolute Gasteiger partial charge is 0.392 e. The first-order valence-electron chi connectivity index (χ1n) is 8.62. The third kappa shape index (κ3) is 3.96. The van der Waals surface area contributed by atoms with E-state index in [0.29, 0.717) is 11.6 Å². The highest BCUT2D eigenvalue weighted by molar-refractivity contribution is 4.96. The summed E-state index contributed by atoms with van der Waals surface area (Å²) in [4.78, 5) is 2.43. The summed E-state index contributed by atoms with van der Waals surface area (Å²) in [5.41, 5.74) is 0.295. The molecule has 0 saturated heterocycles. The monoisotopic (exact) mass is 282 g/mol. The van der Waals surface area contributed by atoms with Crippen molar-refractivity contribution in [2.75, 3.05) is 20.6 Å². The SMILES string of the molecule is CC1CCCC(CNC2CCCCCC2O)(N(C)C)C1. The van der Waals surface area contributed by atoms with E-state index in [1.54, 1.807) is 0 Å². The van der Waals surface area contributed by atoms with Crippen LogP contribution in [0, 0.1) is 5.92 Å². The average Bonchev–Trinajstić information content (AvgIpc) is 2.61. The van der Waals surface area contributed by atoms with Crippen molar-refractivity contribution in [1.29, 1.82) is 0 Å². The summed E-state index contributed by atoms with van der Waals surface area (Å²) < 4.78 is 0. The highest BCUT2D eigenvalue weighted by Gasteiger charge is 2.37. The van der Waals surface area contributed by atoms with Crippen LogP contribution in [-0.2, 0) is 0 Å². The molecular formula is C17H34N2O. The molecule has 3 nitrogen and oxygen atoms in total. The summed E-state index contributed by atoms with van der Waals surface area (Å²) in [5, 5.41) is 14.0. The predicted molar refractivity (Wildman–Crippen MR) is 84.9 cm³/mol. The fourth-order valence-corrected chi connectivity index (χ4v) is 4.20. The highest BCUT2D eigenvalue weighted by Crippen LogP contribution is 2.35. The fraction of sp³-hybridized carbons (Fsp3) is 1.00. The molecule has 20 heavy (non-hydrogen) atoms. The zero-order valence-corrected chi connectivity index (χ0v) is 13.7. The number of hydrogen-bond acceptors (Lipinski definition) is 3. The minimum atomic E-state index is -0.141. The molecule has 118 valence electrons. The molecule has 2 N–H and O–H groups in total. The van der Waals surface area contributed by atoms with Gasteiger partial charge in [0.25, 0.3) is 0 Å². The molecular weight excluding hydrogens is 248 g/mol. The van der Waals surface area contributed by atoms with Crippen molar-refractivity contribution in [1.82, 2.24) is 10.2 Å². The number of nitrogens with one attached hydrogen (secondary N) is 1. The van der Waals surface area contributed by atoms with Gasteiger partial charge in [-0.25, -0.2) is 0 Å². The Morgan fingerprint density at radius 2 is 1.85 bits per heavy atom. The van der Waals surface area contributed by atoms with Crippen LogP contribution in [0.25, 0.3) is 0 Å². The van der Waals surface area contributed by atoms with Crippen LogP contribution in [0.5, 0.6) is 0 Å². The number of nitrogens with zero attached hydrogens (tertiary/aromatic N) is 1. The Morgan fingerprint density at radius 3 is 2.55 bits per heavy atom. The third-order valence-corrected chi connectivity index (χ3v) is 5.69. The molecule has 0 bridgehead atoms. The van der Waals surface area contributed by atoms with Crippen LogP contribution in [0.15, 0.2) is 0 Å². The zero-order chi connectivity index (χ0) is 14.6. The van der Waals surface area contributed by atoms with Gasteiger partial charge in [-0.3, -0.25) is 0 Å². The first-order chi connectivity index (χ1) is 9.53. The Balaban J connectivity index is 1.94. The molecule has 0 aliphatic heterocycles. The smallest absolute Gasteiger partial charge is 0.0693 e. The van der Waals surface area contributed by atoms with Crippen molar-refractivity contribution in [3.05, 3.63) is 0 Å². The lowest BCUT2D eigenvalue weighted by Gasteiger charge is -2.46. The molecule has 3 heteroatoms. The Morgan fingerprint density at radius 1 is 1.10 bits per heavy atom. The lowest BCUT2D eigenvalue weighted by Crippen LogP contribution is -2.56. The molecule has 0 spiro atoms. The van der Waals surface area contributed by atoms with E-state index in [1.807, 2.05) is 0 Å². The maximum Gasteiger partial charge on any atom is 0.0693 e. The van der Waals surface area contributed by atoms with Gasteiger partial charge < -0.3 is 15.3 Å². The van der Waals surface area contributed by atoms with E-state index in [4.69, 9.17) is 0 Å². The molecule has 0 radical (unpaired) electrons. The number of hydrogen-bond donors (Lipinski definition) is 2. The van der Waals surface area contributed by atoms with Crippen LogP contribution >= 0.6 is 0 Å². The second-order valence-electron chi connectivity index (χ2n) is 7.51. The molecule has 2 aliphatic carbocycles. The molecule has 0 amide bonds. The van der Waals surface area contributed by atoms with Gasteiger partial charge in [0.05, 0.1) is 6.10 Å². The van der Waals surface area contributed by atoms with Crippen LogP contribution in [0.2, 0.25) is 0 Å². The molecule has 2 rings (SSSR count). The normalized spacial score (nSPS) is 39.8. The summed E-state index contributed by atoms with van der Waals surface area (Å²) in [7, 11) is 4.45. The summed E-state index contributed by atoms with van der Waals surface area (Å²) in [6.45, 7) is 3.42. The Labute approximate surface area is 125 Å². The van der Waals surface area contributed by atoms with Gasteiger partial charge in [0.15, 0.2) is 0 Å². The van der Waals surface area contributed by atoms with Crippen LogP contribution in [0.4, 0.5) is 0 Å². The molecule has 2 fully saturated rings. The van der Waals surface area contributed by atoms with E-state index in [9.17, 15) is 5.11 Å². The standard InChI is InChI=1S/C17H34N2O/c1-14-8-7-11-17(12-14,19(2)3)13-18-15-9-5-4-6-10-16(15)20/h14-16,18,20H,4-13H2,1-3H3. The average molecular weight is 282 g/mol. The summed E-state index contributed by atoms with van der Waals surface area (Å²) in [5.74, 6) is 0.826. The molecule has 0 heterocycles. The minimum Gasteiger partial charge on any atom is -0.392 e. The first-order valence-corrected chi connectivity index (χ1v) is 8.62. The number of aliphatic hydroxyl groups is 1. The molecule has 4 atom stereocenters. The second kappa shape index (κ2) is 7.24. The Kier molecular flexibility index (Phi) is 5.88. The molecule has 0 aromatic rings. The van der Waals surface area contributed by atoms with Crippen molar-refractivity contribution < 1.29 is 5.11 Å². The zero-order valence-electron chi connectivity index (χ0n) is 13.7. The van der Waals surface area contributed by atoms with Crippen LogP contribution in [0.3, 0.4) is 0 Å². The lowest BCUT2D eigenvalue weighted by atomic mass is 9.75. The molecule has 2 aliphatic rings. The molecule has 2 saturated carbocycles. The first kappa shape index (κ1) is 16.3. The summed E-state index contributed by atoms with van der Waals surface area (Å²) >= 11 is 0. The quantitative estimate of drug-likeness (QED) is 0.778. The molecule has 4 unspecified atom stereocenters. The van der Waals surface area contributed by atoms with E-state index in [0.717, 1.165) is 25.3 Å². The maximum atomic E-state index is 10.3. The van der Waals surface area contributed by atoms with E-state index >= 15 is 0 Å². The topological polar surface area (TPSA) is 35.5 Å². The predicted octanol–water partition coefficient (Wildman–Crippen LogP) is 2.78. The van der Waals surface area contributed by atoms with Gasteiger partial charge in [-0.15, -0.1) is 0 Å². The summed E-state index contributed by atoms with van der Waals surface area (Å²) in [6.07, 6.45) is 11.0. The van der Waals surface area contributed by atoms with Gasteiger partial charge in [-0.2, -0.15) is 0 Å². The van der Waals surface area contributed by atoms with Gasteiger partial charge in [0, 0.05) is 18.1 Å². The van der Waals surface area contributed by atoms with Gasteiger partial charge in [-0.1, -0.05) is 39.0 Å². The van der Waals surface area contributed by atoms with Crippen LogP contribution in [0.1, 0.15) is 64.7 Å². The van der Waals surface area contributed by atoms with E-state index in [2.05, 4.69) is 31.2 Å². The van der Waals surface area contributed by atoms with Crippen LogP contribution in [-0.4, -0.2) is 48.3 Å². The van der Waals surface area contributed by atoms with Gasteiger partial charge >= 0.3 is 0 Å². The van der Waals surface area contributed by atoms with E-state index in [1.165, 1.54) is 44.9 Å². The number of aliphatic hydroxyl groups excluding tert-OH is 1. The maximum absolute atomic E-state index is 10.3. The van der Waals surface area contributed by atoms with Crippen molar-refractivity contribution in [3.63, 3.8) is 0 Å². The van der Waals surface area contributed by atoms with Crippen LogP contribution < -0.4 is 5.32 Å². The lowest BCUT2D eigenvalue weighted by molar-refractivity contribution is 0.0578. The Hall–Kier alpha value is -0.120. The second-order valence-corrected chi connectivity index (χ2v) is 7.51. The van der Waals surface area contributed by atoms with Gasteiger partial charge in [-0.05, 0) is 45.7 Å². The fourth-order valence-electron chi connectivity index (χ4n) is 4.20. The highest BCUT2D eigenvalue weighted by atomic mass is 16.3. The third-order valence-electron chi connectivity index (χ3n) is 5.69. The minimum absolute atomic E-state index is 0.141. The van der Waals surface area contributed by atoms with Crippen molar-refractivity contribution in [3.8, 4) is 0 Å². The van der Waals surface area contributed by atoms with Crippen molar-refractivity contribution in [2.45, 2.75) is 82.4 Å². The number of rotatable bonds is 4. The molecule has 0 aromatic carbocycles. The summed E-state index contributed by atoms with van der Waals surface area (Å²) in [6, 6.07) is 0.312. The van der Waals surface area contributed by atoms with Crippen molar-refractivity contribution >= 4 is 0 Å². The van der Waals surface area contributed by atoms with Gasteiger partial charge in [0.2, 0.25) is 0 Å².